The Morgan fingerprint density at radius 2 is 1.93 bits per heavy atom. The maximum absolute atomic E-state index is 12.5. The van der Waals surface area contributed by atoms with Gasteiger partial charge in [0, 0.05) is 31.5 Å². The summed E-state index contributed by atoms with van der Waals surface area (Å²) in [4.78, 5) is 26.8. The molecule has 1 aromatic heterocycles. The van der Waals surface area contributed by atoms with Crippen LogP contribution in [-0.2, 0) is 22.5 Å². The van der Waals surface area contributed by atoms with Crippen LogP contribution in [0.1, 0.15) is 54.5 Å². The molecule has 0 radical (unpaired) electrons. The first kappa shape index (κ1) is 19.1. The normalized spacial score (nSPS) is 13.6. The van der Waals surface area contributed by atoms with Crippen LogP contribution in [-0.4, -0.2) is 39.7 Å². The molecule has 1 amide bonds. The average molecular weight is 369 g/mol. The topological polar surface area (TPSA) is 64.4 Å². The van der Waals surface area contributed by atoms with E-state index in [9.17, 15) is 9.59 Å². The molecule has 0 bridgehead atoms. The van der Waals surface area contributed by atoms with Gasteiger partial charge in [-0.05, 0) is 31.9 Å². The number of rotatable bonds is 5. The zero-order chi connectivity index (χ0) is 19.6. The van der Waals surface area contributed by atoms with Crippen molar-refractivity contribution in [1.82, 2.24) is 14.7 Å². The van der Waals surface area contributed by atoms with Crippen LogP contribution in [0, 0.1) is 12.8 Å². The molecule has 27 heavy (non-hydrogen) atoms. The average Bonchev–Trinajstić information content (AvgIpc) is 3.01. The van der Waals surface area contributed by atoms with Crippen LogP contribution in [0.2, 0.25) is 0 Å². The summed E-state index contributed by atoms with van der Waals surface area (Å²) >= 11 is 0. The summed E-state index contributed by atoms with van der Waals surface area (Å²) in [7, 11) is 0. The number of aromatic nitrogens is 2. The number of amides is 1. The number of nitrogens with zero attached hydrogens (tertiary/aromatic N) is 3. The number of carbonyl (C=O) groups excluding carboxylic acids is 2. The molecule has 0 atom stereocenters. The number of benzene rings is 1. The summed E-state index contributed by atoms with van der Waals surface area (Å²) in [6.45, 7) is 9.21. The van der Waals surface area contributed by atoms with Crippen LogP contribution in [0.5, 0.6) is 0 Å². The van der Waals surface area contributed by atoms with Gasteiger partial charge in [0.25, 0.3) is 0 Å². The Hall–Kier alpha value is -2.63. The molecule has 1 aliphatic rings. The molecular formula is C21H27N3O3. The number of aryl methyl sites for hydroxylation is 1. The molecule has 2 aromatic rings. The highest BCUT2D eigenvalue weighted by atomic mass is 16.5. The van der Waals surface area contributed by atoms with E-state index >= 15 is 0 Å². The van der Waals surface area contributed by atoms with Gasteiger partial charge in [0.1, 0.15) is 0 Å². The molecule has 1 aliphatic heterocycles. The smallest absolute Gasteiger partial charge is 0.359 e. The number of ether oxygens (including phenoxy) is 1. The summed E-state index contributed by atoms with van der Waals surface area (Å²) in [5.74, 6) is -0.00924. The fourth-order valence-electron chi connectivity index (χ4n) is 3.37. The lowest BCUT2D eigenvalue weighted by Gasteiger charge is -2.28. The summed E-state index contributed by atoms with van der Waals surface area (Å²) in [6.07, 6.45) is 1.18. The van der Waals surface area contributed by atoms with Gasteiger partial charge in [-0.2, -0.15) is 5.10 Å². The molecule has 0 saturated carbocycles. The summed E-state index contributed by atoms with van der Waals surface area (Å²) in [6, 6.07) is 8.03. The number of carbonyl (C=O) groups is 2. The van der Waals surface area contributed by atoms with E-state index in [2.05, 4.69) is 5.10 Å². The van der Waals surface area contributed by atoms with E-state index in [1.807, 2.05) is 54.6 Å². The Kier molecular flexibility index (Phi) is 5.63. The van der Waals surface area contributed by atoms with Gasteiger partial charge in [0.2, 0.25) is 5.91 Å². The molecule has 0 fully saturated rings. The van der Waals surface area contributed by atoms with Gasteiger partial charge >= 0.3 is 5.97 Å². The highest BCUT2D eigenvalue weighted by molar-refractivity contribution is 5.90. The third kappa shape index (κ3) is 4.04. The van der Waals surface area contributed by atoms with E-state index in [0.29, 0.717) is 44.1 Å². The summed E-state index contributed by atoms with van der Waals surface area (Å²) in [5.41, 5.74) is 4.17. The van der Waals surface area contributed by atoms with E-state index in [1.165, 1.54) is 0 Å². The Morgan fingerprint density at radius 1 is 1.22 bits per heavy atom. The van der Waals surface area contributed by atoms with Gasteiger partial charge < -0.3 is 9.64 Å². The first-order chi connectivity index (χ1) is 12.9. The Labute approximate surface area is 160 Å². The summed E-state index contributed by atoms with van der Waals surface area (Å²) < 4.78 is 7.03. The Morgan fingerprint density at radius 3 is 2.56 bits per heavy atom. The van der Waals surface area contributed by atoms with E-state index in [0.717, 1.165) is 22.5 Å². The van der Waals surface area contributed by atoms with Crippen LogP contribution in [0.25, 0.3) is 5.69 Å². The highest BCUT2D eigenvalue weighted by Gasteiger charge is 2.31. The van der Waals surface area contributed by atoms with Crippen molar-refractivity contribution >= 4 is 11.9 Å². The molecule has 0 aliphatic carbocycles. The SMILES string of the molecule is CCOC(=O)c1nn(-c2ccc(C)cc2)c2c1CN(C(=O)CC(C)C)CC2. The molecule has 0 N–H and O–H groups in total. The Bertz CT molecular complexity index is 837. The minimum Gasteiger partial charge on any atom is -0.461 e. The fraction of sp³-hybridized carbons (Fsp3) is 0.476. The first-order valence-electron chi connectivity index (χ1n) is 9.53. The van der Waals surface area contributed by atoms with Crippen molar-refractivity contribution in [1.29, 1.82) is 0 Å². The van der Waals surface area contributed by atoms with Crippen LogP contribution in [0.3, 0.4) is 0 Å². The van der Waals surface area contributed by atoms with Crippen molar-refractivity contribution in [3.8, 4) is 5.69 Å². The van der Waals surface area contributed by atoms with E-state index in [-0.39, 0.29) is 5.91 Å². The molecule has 0 unspecified atom stereocenters. The zero-order valence-electron chi connectivity index (χ0n) is 16.5. The number of hydrogen-bond acceptors (Lipinski definition) is 4. The predicted octanol–water partition coefficient (Wildman–Crippen LogP) is 3.29. The van der Waals surface area contributed by atoms with Crippen LogP contribution < -0.4 is 0 Å². The fourth-order valence-corrected chi connectivity index (χ4v) is 3.37. The maximum atomic E-state index is 12.5. The van der Waals surface area contributed by atoms with Crippen molar-refractivity contribution < 1.29 is 14.3 Å². The monoisotopic (exact) mass is 369 g/mol. The molecule has 0 spiro atoms. The van der Waals surface area contributed by atoms with Crippen LogP contribution in [0.15, 0.2) is 24.3 Å². The molecule has 6 heteroatoms. The number of fused-ring (bicyclic) bond motifs is 1. The second kappa shape index (κ2) is 7.94. The molecule has 144 valence electrons. The van der Waals surface area contributed by atoms with Crippen LogP contribution >= 0.6 is 0 Å². The third-order valence-corrected chi connectivity index (χ3v) is 4.74. The molecular weight excluding hydrogens is 342 g/mol. The molecule has 3 rings (SSSR count). The quantitative estimate of drug-likeness (QED) is 0.759. The summed E-state index contributed by atoms with van der Waals surface area (Å²) in [5, 5.41) is 4.57. The lowest BCUT2D eigenvalue weighted by Crippen LogP contribution is -2.37. The second-order valence-corrected chi connectivity index (χ2v) is 7.40. The van der Waals surface area contributed by atoms with Gasteiger partial charge in [-0.3, -0.25) is 4.79 Å². The van der Waals surface area contributed by atoms with E-state index in [1.54, 1.807) is 6.92 Å². The van der Waals surface area contributed by atoms with Crippen molar-refractivity contribution in [3.05, 3.63) is 46.8 Å². The first-order valence-corrected chi connectivity index (χ1v) is 9.53. The molecule has 0 saturated heterocycles. The van der Waals surface area contributed by atoms with Gasteiger partial charge in [-0.15, -0.1) is 0 Å². The van der Waals surface area contributed by atoms with Gasteiger partial charge in [0.15, 0.2) is 5.69 Å². The van der Waals surface area contributed by atoms with Gasteiger partial charge in [0.05, 0.1) is 18.0 Å². The standard InChI is InChI=1S/C21H27N3O3/c1-5-27-21(26)20-17-13-23(19(25)12-14(2)3)11-10-18(17)24(22-20)16-8-6-15(4)7-9-16/h6-9,14H,5,10-13H2,1-4H3. The largest absolute Gasteiger partial charge is 0.461 e. The third-order valence-electron chi connectivity index (χ3n) is 4.74. The maximum Gasteiger partial charge on any atom is 0.359 e. The minimum atomic E-state index is -0.433. The number of hydrogen-bond donors (Lipinski definition) is 0. The lowest BCUT2D eigenvalue weighted by atomic mass is 10.0. The minimum absolute atomic E-state index is 0.119. The molecule has 6 nitrogen and oxygen atoms in total. The number of esters is 1. The molecule has 1 aromatic carbocycles. The zero-order valence-corrected chi connectivity index (χ0v) is 16.5. The van der Waals surface area contributed by atoms with Crippen molar-refractivity contribution in [2.45, 2.75) is 47.1 Å². The Balaban J connectivity index is 1.99. The van der Waals surface area contributed by atoms with Crippen molar-refractivity contribution in [2.24, 2.45) is 5.92 Å². The van der Waals surface area contributed by atoms with Crippen molar-refractivity contribution in [3.63, 3.8) is 0 Å². The predicted molar refractivity (Wildman–Crippen MR) is 103 cm³/mol. The second-order valence-electron chi connectivity index (χ2n) is 7.40. The van der Waals surface area contributed by atoms with E-state index < -0.39 is 5.97 Å². The molecule has 2 heterocycles. The lowest BCUT2D eigenvalue weighted by molar-refractivity contribution is -0.132. The van der Waals surface area contributed by atoms with Gasteiger partial charge in [-0.25, -0.2) is 9.48 Å². The highest BCUT2D eigenvalue weighted by Crippen LogP contribution is 2.27. The van der Waals surface area contributed by atoms with Gasteiger partial charge in [-0.1, -0.05) is 31.5 Å². The van der Waals surface area contributed by atoms with Crippen LogP contribution in [0.4, 0.5) is 0 Å². The van der Waals surface area contributed by atoms with Crippen molar-refractivity contribution in [2.75, 3.05) is 13.2 Å². The van der Waals surface area contributed by atoms with E-state index in [4.69, 9.17) is 4.74 Å².